The SMILES string of the molecule is C=CCOC12Oc3ccc(OCCN4CC4)cc3C3C(CCCCO)C(CCCCO)C=C(C(=NOC(C)(C)C)CC1N(Cc1cccc4ccccc14)C(=O)C=Cc1ccc([N+](=O)[O-])cc1)C32. The number of carbonyl (C=O) groups excluding carboxylic acids is 1. The van der Waals surface area contributed by atoms with Gasteiger partial charge in [-0.1, -0.05) is 72.6 Å². The number of aliphatic hydroxyl groups excluding tert-OH is 2. The van der Waals surface area contributed by atoms with Crippen molar-refractivity contribution >= 4 is 34.2 Å². The van der Waals surface area contributed by atoms with E-state index in [9.17, 15) is 20.3 Å². The molecular formula is C55H66N4O9. The zero-order valence-corrected chi connectivity index (χ0v) is 39.6. The molecule has 0 bridgehead atoms. The van der Waals surface area contributed by atoms with Crippen LogP contribution in [0.5, 0.6) is 11.5 Å². The fraction of sp³-hybridized carbons (Fsp3) is 0.455. The maximum Gasteiger partial charge on any atom is 0.269 e. The van der Waals surface area contributed by atoms with E-state index in [0.717, 1.165) is 78.5 Å². The molecule has 0 aromatic heterocycles. The molecule has 4 aromatic rings. The largest absolute Gasteiger partial charge is 0.492 e. The molecule has 360 valence electrons. The lowest BCUT2D eigenvalue weighted by Crippen LogP contribution is -2.70. The highest BCUT2D eigenvalue weighted by atomic mass is 16.7. The normalized spacial score (nSPS) is 23.6. The number of oxime groups is 1. The third-order valence-corrected chi connectivity index (χ3v) is 13.7. The minimum absolute atomic E-state index is 0.0419. The second-order valence-electron chi connectivity index (χ2n) is 19.5. The summed E-state index contributed by atoms with van der Waals surface area (Å²) in [6.45, 7) is 14.0. The van der Waals surface area contributed by atoms with Crippen molar-refractivity contribution in [2.45, 2.75) is 95.6 Å². The summed E-state index contributed by atoms with van der Waals surface area (Å²) < 4.78 is 21.2. The van der Waals surface area contributed by atoms with Crippen LogP contribution in [0.3, 0.4) is 0 Å². The number of nitro benzene ring substituents is 1. The topological polar surface area (TPSA) is 156 Å². The molecule has 2 heterocycles. The molecule has 4 aliphatic rings. The Kier molecular flexibility index (Phi) is 15.4. The van der Waals surface area contributed by atoms with Crippen molar-refractivity contribution in [3.8, 4) is 11.5 Å². The van der Waals surface area contributed by atoms with Gasteiger partial charge in [-0.3, -0.25) is 19.8 Å². The number of rotatable bonds is 22. The Balaban J connectivity index is 1.34. The van der Waals surface area contributed by atoms with Crippen molar-refractivity contribution in [3.63, 3.8) is 0 Å². The Bertz CT molecular complexity index is 2510. The zero-order chi connectivity index (χ0) is 47.8. The summed E-state index contributed by atoms with van der Waals surface area (Å²) in [5.74, 6) is -1.01. The number of allylic oxidation sites excluding steroid dienone is 1. The second-order valence-corrected chi connectivity index (χ2v) is 19.5. The number of hydrogen-bond donors (Lipinski definition) is 2. The van der Waals surface area contributed by atoms with Gasteiger partial charge in [0.2, 0.25) is 11.7 Å². The minimum Gasteiger partial charge on any atom is -0.492 e. The molecule has 13 heteroatoms. The average molecular weight is 927 g/mol. The molecule has 6 unspecified atom stereocenters. The first-order chi connectivity index (χ1) is 32.9. The predicted octanol–water partition coefficient (Wildman–Crippen LogP) is 9.62. The van der Waals surface area contributed by atoms with E-state index >= 15 is 4.79 Å². The van der Waals surface area contributed by atoms with Gasteiger partial charge < -0.3 is 34.2 Å². The number of nitrogens with zero attached hydrogens (tertiary/aromatic N) is 4. The Morgan fingerprint density at radius 2 is 1.75 bits per heavy atom. The highest BCUT2D eigenvalue weighted by Crippen LogP contribution is 2.62. The van der Waals surface area contributed by atoms with Crippen LogP contribution < -0.4 is 9.47 Å². The van der Waals surface area contributed by atoms with Gasteiger partial charge in [0.15, 0.2) is 0 Å². The van der Waals surface area contributed by atoms with E-state index in [1.54, 1.807) is 24.3 Å². The number of hydrogen-bond acceptors (Lipinski definition) is 11. The van der Waals surface area contributed by atoms with Crippen LogP contribution in [-0.2, 0) is 20.9 Å². The standard InChI is InChI=1S/C55H66N4O9/c1-5-32-66-55-50(58(37-41-16-12-15-39-13-6-7-17-44(39)41)51(62)26-21-38-19-22-42(23-20-38)59(63)64)36-48(56-68-54(2,3)4)46-34-40(14-8-10-30-60)45(18-9-11-31-61)52(53(46)55)47-35-43(24-25-49(47)67-55)65-33-29-57-27-28-57/h5-7,12-13,15-17,19-26,34-35,40,45,50,52-53,60-61H,1,8-11,14,18,27-33,36-37H2,2-4H3. The Morgan fingerprint density at radius 1 is 1.00 bits per heavy atom. The summed E-state index contributed by atoms with van der Waals surface area (Å²) in [4.78, 5) is 37.0. The van der Waals surface area contributed by atoms with Crippen molar-refractivity contribution in [3.05, 3.63) is 142 Å². The Morgan fingerprint density at radius 3 is 2.47 bits per heavy atom. The number of benzene rings is 4. The van der Waals surface area contributed by atoms with Crippen LogP contribution >= 0.6 is 0 Å². The molecule has 13 nitrogen and oxygen atoms in total. The Labute approximate surface area is 399 Å². The van der Waals surface area contributed by atoms with Crippen LogP contribution in [0.25, 0.3) is 16.8 Å². The van der Waals surface area contributed by atoms with Gasteiger partial charge in [0.1, 0.15) is 29.7 Å². The number of carbonyl (C=O) groups is 1. The van der Waals surface area contributed by atoms with Gasteiger partial charge in [-0.25, -0.2) is 0 Å². The molecule has 8 rings (SSSR count). The molecule has 4 aromatic carbocycles. The monoisotopic (exact) mass is 926 g/mol. The number of ether oxygens (including phenoxy) is 3. The molecule has 6 atom stereocenters. The fourth-order valence-corrected chi connectivity index (χ4v) is 10.4. The third kappa shape index (κ3) is 11.0. The van der Waals surface area contributed by atoms with Crippen molar-refractivity contribution < 1.29 is 39.0 Å². The van der Waals surface area contributed by atoms with Crippen LogP contribution in [0, 0.1) is 27.9 Å². The maximum absolute atomic E-state index is 15.4. The van der Waals surface area contributed by atoms with E-state index in [-0.39, 0.29) is 62.1 Å². The highest BCUT2D eigenvalue weighted by Gasteiger charge is 2.65. The summed E-state index contributed by atoms with van der Waals surface area (Å²) in [6.07, 6.45) is 12.1. The molecule has 1 saturated heterocycles. The van der Waals surface area contributed by atoms with Crippen LogP contribution in [0.2, 0.25) is 0 Å². The van der Waals surface area contributed by atoms with E-state index in [0.29, 0.717) is 36.5 Å². The molecule has 68 heavy (non-hydrogen) atoms. The minimum atomic E-state index is -1.48. The van der Waals surface area contributed by atoms with E-state index in [1.807, 2.05) is 62.1 Å². The van der Waals surface area contributed by atoms with Gasteiger partial charge in [-0.15, -0.1) is 6.58 Å². The quantitative estimate of drug-likeness (QED) is 0.0194. The van der Waals surface area contributed by atoms with Crippen LogP contribution in [0.1, 0.15) is 88.3 Å². The molecule has 2 aliphatic heterocycles. The molecule has 1 amide bonds. The van der Waals surface area contributed by atoms with Gasteiger partial charge in [0.25, 0.3) is 5.69 Å². The number of aliphatic hydroxyl groups is 2. The summed E-state index contributed by atoms with van der Waals surface area (Å²) >= 11 is 0. The Hall–Kier alpha value is -5.86. The van der Waals surface area contributed by atoms with Crippen LogP contribution in [-0.4, -0.2) is 100 Å². The smallest absolute Gasteiger partial charge is 0.269 e. The summed E-state index contributed by atoms with van der Waals surface area (Å²) in [5, 5.41) is 38.6. The van der Waals surface area contributed by atoms with Crippen LogP contribution in [0.15, 0.2) is 120 Å². The fourth-order valence-electron chi connectivity index (χ4n) is 10.4. The second kappa shape index (κ2) is 21.6. The lowest BCUT2D eigenvalue weighted by Gasteiger charge is -2.60. The lowest BCUT2D eigenvalue weighted by atomic mass is 9.55. The first-order valence-corrected chi connectivity index (χ1v) is 24.2. The number of non-ortho nitro benzene ring substituents is 1. The maximum atomic E-state index is 15.4. The van der Waals surface area contributed by atoms with E-state index in [2.05, 4.69) is 41.8 Å². The molecule has 0 radical (unpaired) electrons. The van der Waals surface area contributed by atoms with Crippen molar-refractivity contribution in [2.24, 2.45) is 22.9 Å². The van der Waals surface area contributed by atoms with Crippen molar-refractivity contribution in [2.75, 3.05) is 46.1 Å². The van der Waals surface area contributed by atoms with Crippen LogP contribution in [0.4, 0.5) is 5.69 Å². The number of fused-ring (bicyclic) bond motifs is 3. The van der Waals surface area contributed by atoms with E-state index < -0.39 is 28.3 Å². The highest BCUT2D eigenvalue weighted by molar-refractivity contribution is 6.03. The molecular weight excluding hydrogens is 861 g/mol. The molecule has 2 N–H and O–H groups in total. The zero-order valence-electron chi connectivity index (χ0n) is 39.6. The van der Waals surface area contributed by atoms with Gasteiger partial charge in [0.05, 0.1) is 23.2 Å². The molecule has 2 aliphatic carbocycles. The molecule has 0 spiro atoms. The summed E-state index contributed by atoms with van der Waals surface area (Å²) in [6, 6.07) is 25.6. The number of amides is 1. The number of nitro groups is 1. The number of unbranched alkanes of at least 4 members (excludes halogenated alkanes) is 2. The summed E-state index contributed by atoms with van der Waals surface area (Å²) in [7, 11) is 0. The summed E-state index contributed by atoms with van der Waals surface area (Å²) in [5.41, 5.74) is 3.52. The van der Waals surface area contributed by atoms with E-state index in [1.165, 1.54) is 18.2 Å². The van der Waals surface area contributed by atoms with Gasteiger partial charge >= 0.3 is 0 Å². The lowest BCUT2D eigenvalue weighted by molar-refractivity contribution is -0.384. The van der Waals surface area contributed by atoms with Crippen molar-refractivity contribution in [1.29, 1.82) is 0 Å². The first-order valence-electron chi connectivity index (χ1n) is 24.2. The van der Waals surface area contributed by atoms with Gasteiger partial charge in [0, 0.05) is 75.5 Å². The predicted molar refractivity (Wildman–Crippen MR) is 264 cm³/mol. The third-order valence-electron chi connectivity index (χ3n) is 13.7. The average Bonchev–Trinajstić information content (AvgIpc) is 4.17. The van der Waals surface area contributed by atoms with Crippen molar-refractivity contribution in [1.82, 2.24) is 9.80 Å². The van der Waals surface area contributed by atoms with Gasteiger partial charge in [-0.2, -0.15) is 0 Å². The molecule has 2 fully saturated rings. The van der Waals surface area contributed by atoms with E-state index in [4.69, 9.17) is 24.2 Å². The first kappa shape index (κ1) is 48.6. The molecule has 1 saturated carbocycles. The van der Waals surface area contributed by atoms with Gasteiger partial charge in [-0.05, 0) is 122 Å².